The lowest BCUT2D eigenvalue weighted by molar-refractivity contribution is -0.150. The van der Waals surface area contributed by atoms with Gasteiger partial charge in [-0.05, 0) is 53.2 Å². The van der Waals surface area contributed by atoms with Crippen molar-refractivity contribution in [2.24, 2.45) is 5.73 Å². The largest absolute Gasteiger partial charge is 0.480 e. The van der Waals surface area contributed by atoms with E-state index in [0.29, 0.717) is 10.8 Å². The number of alkyl halides is 3. The van der Waals surface area contributed by atoms with Crippen LogP contribution in [0.2, 0.25) is 5.02 Å². The molecule has 0 aliphatic carbocycles. The summed E-state index contributed by atoms with van der Waals surface area (Å²) in [5.74, 6) is -1.98. The first-order valence-corrected chi connectivity index (χ1v) is 10.2. The third-order valence-corrected chi connectivity index (χ3v) is 5.63. The van der Waals surface area contributed by atoms with Crippen LogP contribution in [0.4, 0.5) is 13.2 Å². The molecule has 0 aliphatic heterocycles. The lowest BCUT2D eigenvalue weighted by atomic mass is 9.94. The van der Waals surface area contributed by atoms with Gasteiger partial charge in [0, 0.05) is 5.02 Å². The molecule has 0 fully saturated rings. The van der Waals surface area contributed by atoms with E-state index in [4.69, 9.17) is 22.4 Å². The second kappa shape index (κ2) is 10.2. The van der Waals surface area contributed by atoms with Crippen LogP contribution in [-0.2, 0) is 4.79 Å². The van der Waals surface area contributed by atoms with Crippen molar-refractivity contribution in [3.8, 4) is 11.1 Å². The highest BCUT2D eigenvalue weighted by Gasteiger charge is 2.40. The molecule has 2 aromatic rings. The molecule has 28 heavy (non-hydrogen) atoms. The van der Waals surface area contributed by atoms with Crippen LogP contribution in [0.1, 0.15) is 24.3 Å². The maximum atomic E-state index is 13.5. The third kappa shape index (κ3) is 6.72. The first-order valence-electron chi connectivity index (χ1n) is 8.67. The number of benzene rings is 2. The molecule has 0 bridgehead atoms. The number of carbonyl (C=O) groups is 1. The van der Waals surface area contributed by atoms with Crippen LogP contribution >= 0.6 is 23.4 Å². The number of hydrogen-bond acceptors (Lipinski definition) is 3. The van der Waals surface area contributed by atoms with Crippen LogP contribution in [-0.4, -0.2) is 34.8 Å². The molecule has 152 valence electrons. The van der Waals surface area contributed by atoms with Gasteiger partial charge in [-0.25, -0.2) is 0 Å². The van der Waals surface area contributed by atoms with E-state index in [1.165, 1.54) is 23.9 Å². The van der Waals surface area contributed by atoms with Crippen molar-refractivity contribution < 1.29 is 23.1 Å². The second-order valence-corrected chi connectivity index (χ2v) is 8.02. The van der Waals surface area contributed by atoms with Crippen LogP contribution in [0.25, 0.3) is 11.1 Å². The van der Waals surface area contributed by atoms with Gasteiger partial charge in [-0.2, -0.15) is 24.9 Å². The summed E-state index contributed by atoms with van der Waals surface area (Å²) in [6, 6.07) is 12.5. The summed E-state index contributed by atoms with van der Waals surface area (Å²) in [6.45, 7) is 0. The summed E-state index contributed by atoms with van der Waals surface area (Å²) >= 11 is 7.14. The number of halogens is 4. The fourth-order valence-corrected chi connectivity index (χ4v) is 3.86. The maximum Gasteiger partial charge on any atom is 0.395 e. The molecule has 0 spiro atoms. The lowest BCUT2D eigenvalue weighted by Gasteiger charge is -2.21. The Labute approximate surface area is 171 Å². The number of nitrogens with two attached hydrogens (primary N) is 1. The highest BCUT2D eigenvalue weighted by molar-refractivity contribution is 7.99. The highest BCUT2D eigenvalue weighted by atomic mass is 35.5. The van der Waals surface area contributed by atoms with E-state index in [0.717, 1.165) is 11.1 Å². The Bertz CT molecular complexity index is 767. The standard InChI is InChI=1S/C20H21ClF3NO2S/c21-16-7-5-14(6-8-16)13-1-3-15(4-2-13)17(20(22,23)24)9-11-28-12-10-18(25)19(26)27/h1-8,17-18H,9-12,25H2,(H,26,27). The number of aliphatic carboxylic acids is 1. The Morgan fingerprint density at radius 2 is 1.50 bits per heavy atom. The average molecular weight is 432 g/mol. The summed E-state index contributed by atoms with van der Waals surface area (Å²) in [5, 5.41) is 9.31. The molecule has 2 aromatic carbocycles. The van der Waals surface area contributed by atoms with Crippen molar-refractivity contribution in [2.45, 2.75) is 31.0 Å². The Morgan fingerprint density at radius 1 is 1.00 bits per heavy atom. The molecule has 0 aliphatic rings. The zero-order valence-corrected chi connectivity index (χ0v) is 16.5. The fourth-order valence-electron chi connectivity index (χ4n) is 2.71. The maximum absolute atomic E-state index is 13.5. The molecule has 0 aromatic heterocycles. The van der Waals surface area contributed by atoms with E-state index >= 15 is 0 Å². The second-order valence-electron chi connectivity index (χ2n) is 6.36. The van der Waals surface area contributed by atoms with Crippen LogP contribution in [0, 0.1) is 0 Å². The molecule has 0 heterocycles. The van der Waals surface area contributed by atoms with Gasteiger partial charge in [-0.15, -0.1) is 0 Å². The number of rotatable bonds is 9. The molecular weight excluding hydrogens is 411 g/mol. The zero-order chi connectivity index (χ0) is 20.7. The summed E-state index contributed by atoms with van der Waals surface area (Å²) in [4.78, 5) is 10.6. The molecule has 0 saturated carbocycles. The van der Waals surface area contributed by atoms with E-state index < -0.39 is 24.1 Å². The summed E-state index contributed by atoms with van der Waals surface area (Å²) in [5.41, 5.74) is 7.30. The minimum atomic E-state index is -4.35. The van der Waals surface area contributed by atoms with Crippen LogP contribution < -0.4 is 5.73 Å². The summed E-state index contributed by atoms with van der Waals surface area (Å²) < 4.78 is 40.5. The molecule has 8 heteroatoms. The van der Waals surface area contributed by atoms with E-state index in [2.05, 4.69) is 0 Å². The fraction of sp³-hybridized carbons (Fsp3) is 0.350. The molecule has 0 amide bonds. The minimum Gasteiger partial charge on any atom is -0.480 e. The topological polar surface area (TPSA) is 63.3 Å². The quantitative estimate of drug-likeness (QED) is 0.509. The Balaban J connectivity index is 1.99. The van der Waals surface area contributed by atoms with Crippen molar-refractivity contribution >= 4 is 29.3 Å². The molecule has 3 N–H and O–H groups in total. The van der Waals surface area contributed by atoms with E-state index in [1.54, 1.807) is 24.3 Å². The lowest BCUT2D eigenvalue weighted by Crippen LogP contribution is -2.30. The van der Waals surface area contributed by atoms with Crippen LogP contribution in [0.5, 0.6) is 0 Å². The zero-order valence-electron chi connectivity index (χ0n) is 15.0. The Morgan fingerprint density at radius 3 is 2.00 bits per heavy atom. The number of hydrogen-bond donors (Lipinski definition) is 2. The molecule has 0 radical (unpaired) electrons. The molecular formula is C20H21ClF3NO2S. The van der Waals surface area contributed by atoms with Gasteiger partial charge in [0.15, 0.2) is 0 Å². The highest BCUT2D eigenvalue weighted by Crippen LogP contribution is 2.39. The normalized spacial score (nSPS) is 13.9. The van der Waals surface area contributed by atoms with E-state index in [-0.39, 0.29) is 24.2 Å². The summed E-state index contributed by atoms with van der Waals surface area (Å²) in [6.07, 6.45) is -4.19. The van der Waals surface area contributed by atoms with E-state index in [9.17, 15) is 18.0 Å². The molecule has 0 saturated heterocycles. The number of carboxylic acids is 1. The van der Waals surface area contributed by atoms with E-state index in [1.807, 2.05) is 12.1 Å². The Kier molecular flexibility index (Phi) is 8.22. The predicted octanol–water partition coefficient (Wildman–Crippen LogP) is 5.58. The molecule has 2 rings (SSSR count). The van der Waals surface area contributed by atoms with Crippen molar-refractivity contribution in [1.29, 1.82) is 0 Å². The SMILES string of the molecule is NC(CCSCCC(c1ccc(-c2ccc(Cl)cc2)cc1)C(F)(F)F)C(=O)O. The van der Waals surface area contributed by atoms with Gasteiger partial charge in [0.2, 0.25) is 0 Å². The van der Waals surface area contributed by atoms with Gasteiger partial charge in [0.05, 0.1) is 5.92 Å². The van der Waals surface area contributed by atoms with Gasteiger partial charge < -0.3 is 10.8 Å². The minimum absolute atomic E-state index is 0.0727. The molecule has 2 unspecified atom stereocenters. The smallest absolute Gasteiger partial charge is 0.395 e. The average Bonchev–Trinajstić information content (AvgIpc) is 2.64. The number of thioether (sulfide) groups is 1. The van der Waals surface area contributed by atoms with Crippen molar-refractivity contribution in [3.63, 3.8) is 0 Å². The third-order valence-electron chi connectivity index (χ3n) is 4.33. The Hall–Kier alpha value is -1.70. The van der Waals surface area contributed by atoms with Gasteiger partial charge in [0.25, 0.3) is 0 Å². The van der Waals surface area contributed by atoms with Crippen LogP contribution in [0.15, 0.2) is 48.5 Å². The number of carboxylic acid groups (broad SMARTS) is 1. The summed E-state index contributed by atoms with van der Waals surface area (Å²) in [7, 11) is 0. The first kappa shape index (κ1) is 22.6. The van der Waals surface area contributed by atoms with Gasteiger partial charge in [0.1, 0.15) is 6.04 Å². The van der Waals surface area contributed by atoms with Crippen molar-refractivity contribution in [2.75, 3.05) is 11.5 Å². The predicted molar refractivity (Wildman–Crippen MR) is 108 cm³/mol. The van der Waals surface area contributed by atoms with Crippen LogP contribution in [0.3, 0.4) is 0 Å². The first-order chi connectivity index (χ1) is 13.2. The van der Waals surface area contributed by atoms with Crippen molar-refractivity contribution in [1.82, 2.24) is 0 Å². The van der Waals surface area contributed by atoms with Gasteiger partial charge in [-0.3, -0.25) is 4.79 Å². The van der Waals surface area contributed by atoms with Gasteiger partial charge in [-0.1, -0.05) is 48.0 Å². The molecule has 3 nitrogen and oxygen atoms in total. The monoisotopic (exact) mass is 431 g/mol. The van der Waals surface area contributed by atoms with Gasteiger partial charge >= 0.3 is 12.1 Å². The van der Waals surface area contributed by atoms with Crippen molar-refractivity contribution in [3.05, 3.63) is 59.1 Å². The molecule has 2 atom stereocenters.